The van der Waals surface area contributed by atoms with E-state index in [2.05, 4.69) is 17.5 Å². The van der Waals surface area contributed by atoms with Crippen LogP contribution in [0.3, 0.4) is 0 Å². The molecule has 4 nitrogen and oxygen atoms in total. The molecule has 26 heavy (non-hydrogen) atoms. The van der Waals surface area contributed by atoms with Crippen LogP contribution in [-0.2, 0) is 5.75 Å². The average molecular weight is 386 g/mol. The number of thioether (sulfide) groups is 1. The minimum Gasteiger partial charge on any atom is -0.496 e. The van der Waals surface area contributed by atoms with E-state index < -0.39 is 0 Å². The van der Waals surface area contributed by atoms with Crippen molar-refractivity contribution in [1.29, 1.82) is 0 Å². The van der Waals surface area contributed by atoms with Crippen LogP contribution in [0.15, 0.2) is 52.7 Å². The Kier molecular flexibility index (Phi) is 5.32. The molecule has 0 atom stereocenters. The quantitative estimate of drug-likeness (QED) is 0.560. The van der Waals surface area contributed by atoms with Gasteiger partial charge in [0.25, 0.3) is 0 Å². The van der Waals surface area contributed by atoms with Crippen molar-refractivity contribution in [3.63, 3.8) is 0 Å². The molecule has 0 N–H and O–H groups in total. The van der Waals surface area contributed by atoms with Gasteiger partial charge in [-0.1, -0.05) is 12.1 Å². The molecule has 134 valence electrons. The zero-order chi connectivity index (χ0) is 17.8. The van der Waals surface area contributed by atoms with Gasteiger partial charge in [0.2, 0.25) is 0 Å². The number of thiazole rings is 1. The molecule has 0 radical (unpaired) electrons. The van der Waals surface area contributed by atoms with Gasteiger partial charge in [0.05, 0.1) is 31.6 Å². The number of para-hydroxylation sites is 1. The summed E-state index contributed by atoms with van der Waals surface area (Å²) in [4.78, 5) is 5.92. The number of hydrogen-bond donors (Lipinski definition) is 0. The Balaban J connectivity index is 1.46. The predicted molar refractivity (Wildman–Crippen MR) is 106 cm³/mol. The summed E-state index contributed by atoms with van der Waals surface area (Å²) in [7, 11) is 1.69. The van der Waals surface area contributed by atoms with E-state index in [1.54, 1.807) is 30.2 Å². The third-order valence-corrected chi connectivity index (χ3v) is 5.95. The lowest BCUT2D eigenvalue weighted by Gasteiger charge is -2.08. The highest BCUT2D eigenvalue weighted by atomic mass is 32.2. The minimum atomic E-state index is 0.704. The first-order valence-corrected chi connectivity index (χ1v) is 10.3. The van der Waals surface area contributed by atoms with Crippen LogP contribution in [0.25, 0.3) is 10.6 Å². The summed E-state index contributed by atoms with van der Waals surface area (Å²) in [5, 5.41) is 3.09. The first kappa shape index (κ1) is 17.2. The second-order valence-electron chi connectivity index (χ2n) is 5.79. The highest BCUT2D eigenvalue weighted by Gasteiger charge is 2.12. The standard InChI is InChI=1S/C20H19NO3S2/c1-22-17-6-3-2-5-16(17)20-21-14(13-26-20)12-25-15-7-8-18-19(11-15)24-10-4-9-23-18/h2-3,5-8,11,13H,4,9-10,12H2,1H3. The van der Waals surface area contributed by atoms with Crippen molar-refractivity contribution in [2.24, 2.45) is 0 Å². The van der Waals surface area contributed by atoms with Gasteiger partial charge in [0, 0.05) is 22.4 Å². The van der Waals surface area contributed by atoms with Gasteiger partial charge in [0.15, 0.2) is 11.5 Å². The number of rotatable bonds is 5. The second kappa shape index (κ2) is 8.01. The summed E-state index contributed by atoms with van der Waals surface area (Å²) in [5.74, 6) is 3.33. The zero-order valence-corrected chi connectivity index (χ0v) is 16.1. The monoisotopic (exact) mass is 385 g/mol. The maximum atomic E-state index is 5.76. The number of aromatic nitrogens is 1. The molecule has 0 fully saturated rings. The van der Waals surface area contributed by atoms with Gasteiger partial charge in [-0.05, 0) is 30.3 Å². The molecule has 0 amide bonds. The molecular weight excluding hydrogens is 366 g/mol. The third-order valence-electron chi connectivity index (χ3n) is 3.99. The van der Waals surface area contributed by atoms with Crippen LogP contribution in [0, 0.1) is 0 Å². The number of nitrogens with zero attached hydrogens (tertiary/aromatic N) is 1. The van der Waals surface area contributed by atoms with Gasteiger partial charge in [-0.15, -0.1) is 23.1 Å². The van der Waals surface area contributed by atoms with Gasteiger partial charge in [-0.3, -0.25) is 0 Å². The summed E-state index contributed by atoms with van der Waals surface area (Å²) in [6.07, 6.45) is 0.918. The van der Waals surface area contributed by atoms with Crippen molar-refractivity contribution in [2.75, 3.05) is 20.3 Å². The Morgan fingerprint density at radius 2 is 1.96 bits per heavy atom. The van der Waals surface area contributed by atoms with Crippen molar-refractivity contribution in [3.8, 4) is 27.8 Å². The molecule has 1 aromatic heterocycles. The lowest BCUT2D eigenvalue weighted by Crippen LogP contribution is -1.97. The van der Waals surface area contributed by atoms with Gasteiger partial charge in [-0.25, -0.2) is 4.98 Å². The zero-order valence-electron chi connectivity index (χ0n) is 14.4. The van der Waals surface area contributed by atoms with Crippen molar-refractivity contribution in [1.82, 2.24) is 4.98 Å². The first-order chi connectivity index (χ1) is 12.8. The number of fused-ring (bicyclic) bond motifs is 1. The molecule has 0 spiro atoms. The van der Waals surface area contributed by atoms with E-state index in [1.807, 2.05) is 30.3 Å². The summed E-state index contributed by atoms with van der Waals surface area (Å²) in [5.41, 5.74) is 2.10. The summed E-state index contributed by atoms with van der Waals surface area (Å²) >= 11 is 3.39. The maximum absolute atomic E-state index is 5.76. The largest absolute Gasteiger partial charge is 0.496 e. The van der Waals surface area contributed by atoms with E-state index in [9.17, 15) is 0 Å². The fourth-order valence-corrected chi connectivity index (χ4v) is 4.48. The molecule has 1 aliphatic heterocycles. The highest BCUT2D eigenvalue weighted by Crippen LogP contribution is 2.36. The normalized spacial score (nSPS) is 13.3. The van der Waals surface area contributed by atoms with Gasteiger partial charge in [0.1, 0.15) is 10.8 Å². The molecule has 6 heteroatoms. The lowest BCUT2D eigenvalue weighted by atomic mass is 10.2. The van der Waals surface area contributed by atoms with E-state index in [-0.39, 0.29) is 0 Å². The summed E-state index contributed by atoms with van der Waals surface area (Å²) in [6, 6.07) is 14.1. The van der Waals surface area contributed by atoms with Crippen LogP contribution in [0.4, 0.5) is 0 Å². The molecule has 2 aromatic carbocycles. The average Bonchev–Trinajstić information content (AvgIpc) is 3.03. The molecule has 4 rings (SSSR count). The number of ether oxygens (including phenoxy) is 3. The highest BCUT2D eigenvalue weighted by molar-refractivity contribution is 7.98. The Morgan fingerprint density at radius 3 is 2.85 bits per heavy atom. The van der Waals surface area contributed by atoms with Gasteiger partial charge in [-0.2, -0.15) is 0 Å². The molecule has 0 unspecified atom stereocenters. The fraction of sp³-hybridized carbons (Fsp3) is 0.250. The molecule has 2 heterocycles. The smallest absolute Gasteiger partial charge is 0.162 e. The Hall–Kier alpha value is -2.18. The van der Waals surface area contributed by atoms with Crippen molar-refractivity contribution < 1.29 is 14.2 Å². The van der Waals surface area contributed by atoms with Crippen LogP contribution in [0.1, 0.15) is 12.1 Å². The van der Waals surface area contributed by atoms with E-state index in [4.69, 9.17) is 19.2 Å². The summed E-state index contributed by atoms with van der Waals surface area (Å²) < 4.78 is 16.9. The van der Waals surface area contributed by atoms with Crippen LogP contribution >= 0.6 is 23.1 Å². The maximum Gasteiger partial charge on any atom is 0.162 e. The molecular formula is C20H19NO3S2. The molecule has 0 saturated carbocycles. The Morgan fingerprint density at radius 1 is 1.12 bits per heavy atom. The molecule has 0 bridgehead atoms. The van der Waals surface area contributed by atoms with E-state index in [1.165, 1.54) is 0 Å². The number of benzene rings is 2. The van der Waals surface area contributed by atoms with Gasteiger partial charge >= 0.3 is 0 Å². The van der Waals surface area contributed by atoms with Gasteiger partial charge < -0.3 is 14.2 Å². The van der Waals surface area contributed by atoms with Crippen LogP contribution in [0.5, 0.6) is 17.2 Å². The number of hydrogen-bond acceptors (Lipinski definition) is 6. The predicted octanol–water partition coefficient (Wildman–Crippen LogP) is 5.27. The molecule has 0 saturated heterocycles. The number of methoxy groups -OCH3 is 1. The summed E-state index contributed by atoms with van der Waals surface area (Å²) in [6.45, 7) is 1.42. The fourth-order valence-electron chi connectivity index (χ4n) is 2.71. The van der Waals surface area contributed by atoms with Crippen LogP contribution in [-0.4, -0.2) is 25.3 Å². The Bertz CT molecular complexity index is 894. The SMILES string of the molecule is COc1ccccc1-c1nc(CSc2ccc3c(c2)OCCCO3)cs1. The van der Waals surface area contributed by atoms with Crippen LogP contribution < -0.4 is 14.2 Å². The minimum absolute atomic E-state index is 0.704. The van der Waals surface area contributed by atoms with E-state index in [0.29, 0.717) is 13.2 Å². The van der Waals surface area contributed by atoms with E-state index >= 15 is 0 Å². The van der Waals surface area contributed by atoms with Crippen LogP contribution in [0.2, 0.25) is 0 Å². The van der Waals surface area contributed by atoms with E-state index in [0.717, 1.165) is 50.6 Å². The molecule has 3 aromatic rings. The molecule has 1 aliphatic rings. The van der Waals surface area contributed by atoms with Crippen molar-refractivity contribution in [2.45, 2.75) is 17.1 Å². The van der Waals surface area contributed by atoms with Crippen molar-refractivity contribution in [3.05, 3.63) is 53.5 Å². The Labute approximate surface area is 161 Å². The first-order valence-electron chi connectivity index (χ1n) is 8.44. The lowest BCUT2D eigenvalue weighted by molar-refractivity contribution is 0.297. The topological polar surface area (TPSA) is 40.6 Å². The second-order valence-corrected chi connectivity index (χ2v) is 7.70. The molecule has 0 aliphatic carbocycles. The van der Waals surface area contributed by atoms with Crippen molar-refractivity contribution >= 4 is 23.1 Å². The third kappa shape index (κ3) is 3.81.